The summed E-state index contributed by atoms with van der Waals surface area (Å²) < 4.78 is 10.6. The van der Waals surface area contributed by atoms with Crippen molar-refractivity contribution in [3.63, 3.8) is 0 Å². The number of nitrogens with one attached hydrogen (secondary N) is 1. The van der Waals surface area contributed by atoms with Crippen molar-refractivity contribution in [3.8, 4) is 0 Å². The first-order chi connectivity index (χ1) is 8.96. The van der Waals surface area contributed by atoms with E-state index in [-0.39, 0.29) is 5.54 Å². The number of hydrogen-bond acceptors (Lipinski definition) is 5. The molecule has 1 aromatic heterocycles. The van der Waals surface area contributed by atoms with Gasteiger partial charge in [0.15, 0.2) is 0 Å². The highest BCUT2D eigenvalue weighted by Crippen LogP contribution is 2.21. The van der Waals surface area contributed by atoms with E-state index in [1.54, 1.807) is 18.4 Å². The van der Waals surface area contributed by atoms with Gasteiger partial charge in [0.05, 0.1) is 23.9 Å². The van der Waals surface area contributed by atoms with E-state index < -0.39 is 0 Å². The van der Waals surface area contributed by atoms with Crippen LogP contribution < -0.4 is 5.32 Å². The minimum atomic E-state index is 0.111. The summed E-state index contributed by atoms with van der Waals surface area (Å²) in [5, 5.41) is 4.63. The van der Waals surface area contributed by atoms with Crippen LogP contribution in [0.1, 0.15) is 43.3 Å². The lowest BCUT2D eigenvalue weighted by Crippen LogP contribution is -2.35. The Hall–Kier alpha value is -0.490. The zero-order chi connectivity index (χ0) is 14.3. The van der Waals surface area contributed by atoms with Crippen molar-refractivity contribution in [1.29, 1.82) is 0 Å². The SMILES string of the molecule is CCOCCc1nc(COC)c(CNC(C)(C)C)s1. The fourth-order valence-electron chi connectivity index (χ4n) is 1.58. The van der Waals surface area contributed by atoms with Crippen LogP contribution in [0.25, 0.3) is 0 Å². The number of methoxy groups -OCH3 is 1. The molecular formula is C14H26N2O2S. The molecule has 110 valence electrons. The van der Waals surface area contributed by atoms with Gasteiger partial charge < -0.3 is 14.8 Å². The van der Waals surface area contributed by atoms with Crippen molar-refractivity contribution in [2.75, 3.05) is 20.3 Å². The van der Waals surface area contributed by atoms with Gasteiger partial charge in [-0.2, -0.15) is 0 Å². The predicted molar refractivity (Wildman–Crippen MR) is 79.6 cm³/mol. The standard InChI is InChI=1S/C14H26N2O2S/c1-6-18-8-7-13-16-11(10-17-5)12(19-13)9-15-14(2,3)4/h15H,6-10H2,1-5H3. The van der Waals surface area contributed by atoms with Crippen LogP contribution in [0.5, 0.6) is 0 Å². The second kappa shape index (κ2) is 7.94. The van der Waals surface area contributed by atoms with Crippen molar-refractivity contribution in [2.45, 2.75) is 52.8 Å². The Bertz CT molecular complexity index is 372. The summed E-state index contributed by atoms with van der Waals surface area (Å²) in [6, 6.07) is 0. The molecule has 0 atom stereocenters. The summed E-state index contributed by atoms with van der Waals surface area (Å²) in [5.41, 5.74) is 1.16. The lowest BCUT2D eigenvalue weighted by Gasteiger charge is -2.20. The number of nitrogens with zero attached hydrogens (tertiary/aromatic N) is 1. The third kappa shape index (κ3) is 6.47. The molecule has 1 rings (SSSR count). The number of hydrogen-bond donors (Lipinski definition) is 1. The van der Waals surface area contributed by atoms with Gasteiger partial charge in [0.2, 0.25) is 0 Å². The largest absolute Gasteiger partial charge is 0.381 e. The molecule has 0 unspecified atom stereocenters. The van der Waals surface area contributed by atoms with Crippen LogP contribution in [-0.4, -0.2) is 30.8 Å². The van der Waals surface area contributed by atoms with Crippen LogP contribution in [0.4, 0.5) is 0 Å². The van der Waals surface area contributed by atoms with E-state index in [0.29, 0.717) is 6.61 Å². The van der Waals surface area contributed by atoms with Crippen molar-refractivity contribution in [2.24, 2.45) is 0 Å². The fraction of sp³-hybridized carbons (Fsp3) is 0.786. The van der Waals surface area contributed by atoms with Crippen molar-refractivity contribution in [3.05, 3.63) is 15.6 Å². The average molecular weight is 286 g/mol. The maximum absolute atomic E-state index is 5.38. The molecule has 0 radical (unpaired) electrons. The summed E-state index contributed by atoms with van der Waals surface area (Å²) in [4.78, 5) is 5.91. The van der Waals surface area contributed by atoms with E-state index in [1.807, 2.05) is 6.92 Å². The van der Waals surface area contributed by atoms with Gasteiger partial charge in [-0.15, -0.1) is 11.3 Å². The summed E-state index contributed by atoms with van der Waals surface area (Å²) in [7, 11) is 1.71. The highest BCUT2D eigenvalue weighted by atomic mass is 32.1. The third-order valence-corrected chi connectivity index (χ3v) is 3.70. The van der Waals surface area contributed by atoms with Gasteiger partial charge in [-0.05, 0) is 27.7 Å². The van der Waals surface area contributed by atoms with Gasteiger partial charge >= 0.3 is 0 Å². The van der Waals surface area contributed by atoms with Crippen molar-refractivity contribution < 1.29 is 9.47 Å². The molecule has 0 aliphatic carbocycles. The monoisotopic (exact) mass is 286 g/mol. The molecule has 0 aliphatic rings. The van der Waals surface area contributed by atoms with E-state index in [0.717, 1.165) is 36.9 Å². The smallest absolute Gasteiger partial charge is 0.0955 e. The first-order valence-corrected chi connectivity index (χ1v) is 7.57. The molecular weight excluding hydrogens is 260 g/mol. The highest BCUT2D eigenvalue weighted by molar-refractivity contribution is 7.11. The van der Waals surface area contributed by atoms with Crippen LogP contribution in [0, 0.1) is 0 Å². The lowest BCUT2D eigenvalue weighted by atomic mass is 10.1. The second-order valence-corrected chi connectivity index (χ2v) is 6.63. The first kappa shape index (κ1) is 16.6. The van der Waals surface area contributed by atoms with Gasteiger partial charge in [-0.3, -0.25) is 0 Å². The number of thiazole rings is 1. The number of rotatable bonds is 8. The molecule has 0 saturated heterocycles. The molecule has 5 heteroatoms. The Labute approximate surface area is 120 Å². The topological polar surface area (TPSA) is 43.4 Å². The molecule has 0 saturated carbocycles. The maximum Gasteiger partial charge on any atom is 0.0955 e. The van der Waals surface area contributed by atoms with Crippen LogP contribution in [0.15, 0.2) is 0 Å². The van der Waals surface area contributed by atoms with E-state index >= 15 is 0 Å². The van der Waals surface area contributed by atoms with Gasteiger partial charge in [0, 0.05) is 37.1 Å². The molecule has 0 aromatic carbocycles. The molecule has 1 N–H and O–H groups in total. The van der Waals surface area contributed by atoms with Gasteiger partial charge in [-0.1, -0.05) is 0 Å². The lowest BCUT2D eigenvalue weighted by molar-refractivity contribution is 0.150. The Morgan fingerprint density at radius 1 is 1.32 bits per heavy atom. The predicted octanol–water partition coefficient (Wildman–Crippen LogP) is 2.76. The summed E-state index contributed by atoms with van der Waals surface area (Å²) >= 11 is 1.76. The molecule has 19 heavy (non-hydrogen) atoms. The van der Waals surface area contributed by atoms with E-state index in [1.165, 1.54) is 4.88 Å². The van der Waals surface area contributed by atoms with Gasteiger partial charge in [0.1, 0.15) is 0 Å². The Balaban J connectivity index is 2.65. The summed E-state index contributed by atoms with van der Waals surface area (Å²) in [5.74, 6) is 0. The van der Waals surface area contributed by atoms with Crippen LogP contribution in [-0.2, 0) is 29.0 Å². The van der Waals surface area contributed by atoms with Gasteiger partial charge in [0.25, 0.3) is 0 Å². The summed E-state index contributed by atoms with van der Waals surface area (Å²) in [6.45, 7) is 11.4. The molecule has 1 heterocycles. The van der Waals surface area contributed by atoms with Crippen LogP contribution in [0.2, 0.25) is 0 Å². The van der Waals surface area contributed by atoms with Crippen LogP contribution >= 0.6 is 11.3 Å². The molecule has 0 bridgehead atoms. The molecule has 0 amide bonds. The quantitative estimate of drug-likeness (QED) is 0.746. The normalized spacial score (nSPS) is 12.1. The third-order valence-electron chi connectivity index (χ3n) is 2.55. The summed E-state index contributed by atoms with van der Waals surface area (Å²) in [6.07, 6.45) is 0.880. The Morgan fingerprint density at radius 3 is 2.63 bits per heavy atom. The Kier molecular flexibility index (Phi) is 6.93. The molecule has 0 fully saturated rings. The number of aromatic nitrogens is 1. The fourth-order valence-corrected chi connectivity index (χ4v) is 2.57. The van der Waals surface area contributed by atoms with E-state index in [4.69, 9.17) is 9.47 Å². The first-order valence-electron chi connectivity index (χ1n) is 6.75. The van der Waals surface area contributed by atoms with Gasteiger partial charge in [-0.25, -0.2) is 4.98 Å². The molecule has 0 aliphatic heterocycles. The zero-order valence-corrected chi connectivity index (χ0v) is 13.5. The molecule has 1 aromatic rings. The van der Waals surface area contributed by atoms with Crippen molar-refractivity contribution in [1.82, 2.24) is 10.3 Å². The zero-order valence-electron chi connectivity index (χ0n) is 12.7. The van der Waals surface area contributed by atoms with Crippen LogP contribution in [0.3, 0.4) is 0 Å². The Morgan fingerprint density at radius 2 is 2.05 bits per heavy atom. The van der Waals surface area contributed by atoms with Crippen molar-refractivity contribution >= 4 is 11.3 Å². The second-order valence-electron chi connectivity index (χ2n) is 5.46. The average Bonchev–Trinajstić information content (AvgIpc) is 2.69. The minimum absolute atomic E-state index is 0.111. The number of ether oxygens (including phenoxy) is 2. The van der Waals surface area contributed by atoms with E-state index in [9.17, 15) is 0 Å². The highest BCUT2D eigenvalue weighted by Gasteiger charge is 2.14. The maximum atomic E-state index is 5.38. The molecule has 0 spiro atoms. The van der Waals surface area contributed by atoms with E-state index in [2.05, 4.69) is 31.1 Å². The molecule has 4 nitrogen and oxygen atoms in total. The minimum Gasteiger partial charge on any atom is -0.381 e.